The summed E-state index contributed by atoms with van der Waals surface area (Å²) in [6, 6.07) is 14.8. The Labute approximate surface area is 144 Å². The van der Waals surface area contributed by atoms with Crippen molar-refractivity contribution < 1.29 is 10.6 Å². The molecule has 0 bridgehead atoms. The van der Waals surface area contributed by atoms with Crippen LogP contribution in [0, 0.1) is 0 Å². The predicted molar refractivity (Wildman–Crippen MR) is 95.0 cm³/mol. The van der Waals surface area contributed by atoms with Crippen LogP contribution in [0.15, 0.2) is 65.7 Å². The van der Waals surface area contributed by atoms with Crippen LogP contribution in [0.4, 0.5) is 11.4 Å². The summed E-state index contributed by atoms with van der Waals surface area (Å²) in [7, 11) is 0. The second-order valence-electron chi connectivity index (χ2n) is 5.42. The maximum Gasteiger partial charge on any atom is 0.235 e. The average Bonchev–Trinajstić information content (AvgIpc) is 2.91. The van der Waals surface area contributed by atoms with E-state index in [1.807, 2.05) is 31.2 Å². The third-order valence-corrected chi connectivity index (χ3v) is 4.31. The summed E-state index contributed by atoms with van der Waals surface area (Å²) in [5.41, 5.74) is 15.3. The van der Waals surface area contributed by atoms with Gasteiger partial charge in [0.15, 0.2) is 0 Å². The maximum atomic E-state index is 10.7. The van der Waals surface area contributed by atoms with Gasteiger partial charge in [-0.3, -0.25) is 0 Å². The molecule has 24 heavy (non-hydrogen) atoms. The first-order valence-electron chi connectivity index (χ1n) is 7.14. The summed E-state index contributed by atoms with van der Waals surface area (Å²) < 4.78 is 0. The van der Waals surface area contributed by atoms with E-state index in [1.54, 1.807) is 29.3 Å². The number of halogens is 1. The van der Waals surface area contributed by atoms with E-state index in [9.17, 15) is 5.11 Å². The summed E-state index contributed by atoms with van der Waals surface area (Å²) in [5, 5.41) is 14.5. The number of para-hydroxylation sites is 1. The molecule has 0 aromatic heterocycles. The summed E-state index contributed by atoms with van der Waals surface area (Å²) in [6.07, 6.45) is 0. The highest BCUT2D eigenvalue weighted by atomic mass is 35.5. The molecule has 0 unspecified atom stereocenters. The first-order chi connectivity index (χ1) is 11.1. The number of nitrogens with two attached hydrogens (primary N) is 1. The van der Waals surface area contributed by atoms with Gasteiger partial charge in [-0.2, -0.15) is 0 Å². The number of benzene rings is 2. The molecule has 0 saturated heterocycles. The van der Waals surface area contributed by atoms with Crippen molar-refractivity contribution in [3.63, 3.8) is 0 Å². The second kappa shape index (κ2) is 5.76. The monoisotopic (exact) mass is 343 g/mol. The molecule has 0 saturated carbocycles. The van der Waals surface area contributed by atoms with Crippen molar-refractivity contribution in [2.45, 2.75) is 6.92 Å². The van der Waals surface area contributed by atoms with Crippen LogP contribution in [-0.2, 0) is 0 Å². The molecular weight excluding hydrogens is 328 g/mol. The van der Waals surface area contributed by atoms with Crippen molar-refractivity contribution >= 4 is 28.7 Å². The fraction of sp³-hybridized carbons (Fsp3) is 0.0588. The third-order valence-electron chi connectivity index (χ3n) is 4.06. The molecule has 2 aromatic carbocycles. The number of aliphatic hydroxyl groups excluding tert-OH is 1. The topological polar surface area (TPSA) is 98.3 Å². The van der Waals surface area contributed by atoms with Gasteiger partial charge in [0.05, 0.1) is 11.4 Å². The molecule has 0 atom stereocenters. The lowest BCUT2D eigenvalue weighted by Gasteiger charge is -2.28. The van der Waals surface area contributed by atoms with Gasteiger partial charge in [0.25, 0.3) is 0 Å². The number of nitrogens with zero attached hydrogens (tertiary/aromatic N) is 3. The zero-order valence-corrected chi connectivity index (χ0v) is 13.6. The van der Waals surface area contributed by atoms with Crippen molar-refractivity contribution in [1.82, 2.24) is 5.53 Å². The van der Waals surface area contributed by atoms with Gasteiger partial charge in [-0.05, 0) is 42.8 Å². The van der Waals surface area contributed by atoms with Gasteiger partial charge in [0, 0.05) is 21.9 Å². The Balaban J connectivity index is 0.00000169. The molecule has 1 radical (unpaired) electrons. The second-order valence-corrected chi connectivity index (χ2v) is 5.85. The van der Waals surface area contributed by atoms with E-state index in [0.29, 0.717) is 16.4 Å². The molecule has 2 aliphatic rings. The van der Waals surface area contributed by atoms with E-state index in [4.69, 9.17) is 17.3 Å². The largest absolute Gasteiger partial charge is 0.492 e. The van der Waals surface area contributed by atoms with E-state index >= 15 is 0 Å². The van der Waals surface area contributed by atoms with Crippen LogP contribution < -0.4 is 21.3 Å². The fourth-order valence-electron chi connectivity index (χ4n) is 2.84. The number of rotatable bonds is 1. The zero-order valence-electron chi connectivity index (χ0n) is 12.9. The normalized spacial score (nSPS) is 16.1. The minimum absolute atomic E-state index is 0. The Morgan fingerprint density at radius 3 is 2.42 bits per heavy atom. The van der Waals surface area contributed by atoms with Gasteiger partial charge in [0.2, 0.25) is 5.88 Å². The molecule has 2 aromatic rings. The van der Waals surface area contributed by atoms with Gasteiger partial charge >= 0.3 is 0 Å². The van der Waals surface area contributed by atoms with Gasteiger partial charge in [0.1, 0.15) is 5.70 Å². The summed E-state index contributed by atoms with van der Waals surface area (Å²) in [6.45, 7) is 1.88. The Morgan fingerprint density at radius 2 is 1.71 bits per heavy atom. The van der Waals surface area contributed by atoms with Crippen LogP contribution in [0.5, 0.6) is 0 Å². The van der Waals surface area contributed by atoms with Gasteiger partial charge < -0.3 is 16.3 Å². The molecule has 7 heteroatoms. The highest BCUT2D eigenvalue weighted by molar-refractivity contribution is 6.30. The van der Waals surface area contributed by atoms with Crippen molar-refractivity contribution in [2.24, 2.45) is 5.73 Å². The Morgan fingerprint density at radius 1 is 1.04 bits per heavy atom. The lowest BCUT2D eigenvalue weighted by molar-refractivity contribution is 0.387. The van der Waals surface area contributed by atoms with E-state index < -0.39 is 0 Å². The fourth-order valence-corrected chi connectivity index (χ4v) is 2.96. The van der Waals surface area contributed by atoms with Crippen molar-refractivity contribution in [3.05, 3.63) is 76.3 Å². The third kappa shape index (κ3) is 2.20. The molecule has 0 fully saturated rings. The predicted octanol–water partition coefficient (Wildman–Crippen LogP) is 2.71. The molecule has 0 aliphatic carbocycles. The van der Waals surface area contributed by atoms with Gasteiger partial charge in [-0.15, -0.1) is 0 Å². The highest BCUT2D eigenvalue weighted by Gasteiger charge is 2.38. The van der Waals surface area contributed by atoms with E-state index in [0.717, 1.165) is 22.5 Å². The van der Waals surface area contributed by atoms with Crippen LogP contribution >= 0.6 is 11.6 Å². The van der Waals surface area contributed by atoms with Crippen molar-refractivity contribution in [2.75, 3.05) is 10.0 Å². The van der Waals surface area contributed by atoms with E-state index in [1.165, 1.54) is 5.01 Å². The minimum Gasteiger partial charge on any atom is -0.492 e. The summed E-state index contributed by atoms with van der Waals surface area (Å²) in [5.74, 6) is 0.0438. The number of hydrogen-bond donors (Lipinski definition) is 2. The highest BCUT2D eigenvalue weighted by Crippen LogP contribution is 2.42. The summed E-state index contributed by atoms with van der Waals surface area (Å²) >= 11 is 5.93. The zero-order chi connectivity index (χ0) is 16.1. The SMILES string of the molecule is CC1=C(N)c2ccccc2N2[N]N(c3ccc(Cl)cc3)C(O)=C12.O. The van der Waals surface area contributed by atoms with Gasteiger partial charge in [-0.1, -0.05) is 29.8 Å². The Kier molecular flexibility index (Phi) is 3.88. The number of anilines is 2. The van der Waals surface area contributed by atoms with Crippen LogP contribution in [0.2, 0.25) is 5.02 Å². The number of aliphatic hydroxyl groups is 1. The Bertz CT molecular complexity index is 861. The number of allylic oxidation sites excluding steroid dienone is 1. The molecule has 0 spiro atoms. The van der Waals surface area contributed by atoms with Crippen LogP contribution in [0.3, 0.4) is 0 Å². The van der Waals surface area contributed by atoms with Crippen molar-refractivity contribution in [3.8, 4) is 0 Å². The Hall–Kier alpha value is -2.67. The first kappa shape index (κ1) is 16.2. The van der Waals surface area contributed by atoms with E-state index in [-0.39, 0.29) is 11.4 Å². The maximum absolute atomic E-state index is 10.7. The molecule has 6 nitrogen and oxygen atoms in total. The van der Waals surface area contributed by atoms with Crippen LogP contribution in [0.1, 0.15) is 12.5 Å². The molecule has 123 valence electrons. The molecular formula is C17H16ClN4O2. The van der Waals surface area contributed by atoms with Crippen molar-refractivity contribution in [1.29, 1.82) is 0 Å². The molecule has 4 rings (SSSR count). The standard InChI is InChI=1S/C17H14ClN4O.H2O/c1-10-15(19)13-4-2-3-5-14(13)22-16(10)17(23)21(20-22)12-8-6-11(18)7-9-12;/h2-9,23H,19H2,1H3;1H2. The average molecular weight is 344 g/mol. The molecule has 2 heterocycles. The molecule has 2 aliphatic heterocycles. The van der Waals surface area contributed by atoms with Crippen LogP contribution in [0.25, 0.3) is 5.70 Å². The lowest BCUT2D eigenvalue weighted by atomic mass is 9.99. The van der Waals surface area contributed by atoms with E-state index in [2.05, 4.69) is 5.53 Å². The molecule has 5 N–H and O–H groups in total. The number of hydrogen-bond acceptors (Lipinski definition) is 4. The number of fused-ring (bicyclic) bond motifs is 3. The summed E-state index contributed by atoms with van der Waals surface area (Å²) in [4.78, 5) is 0. The first-order valence-corrected chi connectivity index (χ1v) is 7.52. The smallest absolute Gasteiger partial charge is 0.235 e. The lowest BCUT2D eigenvalue weighted by Crippen LogP contribution is -2.36. The van der Waals surface area contributed by atoms with Crippen LogP contribution in [-0.4, -0.2) is 10.6 Å². The van der Waals surface area contributed by atoms with Gasteiger partial charge in [-0.25, -0.2) is 10.0 Å². The molecule has 0 amide bonds. The minimum atomic E-state index is 0. The quantitative estimate of drug-likeness (QED) is 0.831.